The number of pyridine rings is 1. The van der Waals surface area contributed by atoms with Crippen LogP contribution in [0.25, 0.3) is 0 Å². The van der Waals surface area contributed by atoms with E-state index in [1.807, 2.05) is 48.5 Å². The lowest BCUT2D eigenvalue weighted by Gasteiger charge is -2.21. The second-order valence-electron chi connectivity index (χ2n) is 5.67. The Labute approximate surface area is 146 Å². The molecule has 1 unspecified atom stereocenters. The zero-order chi connectivity index (χ0) is 17.6. The van der Waals surface area contributed by atoms with Crippen LogP contribution in [0.5, 0.6) is 0 Å². The van der Waals surface area contributed by atoms with Gasteiger partial charge in [-0.3, -0.25) is 14.6 Å². The molecule has 0 radical (unpaired) electrons. The summed E-state index contributed by atoms with van der Waals surface area (Å²) in [6.07, 6.45) is 4.35. The number of hydrogen-bond acceptors (Lipinski definition) is 3. The summed E-state index contributed by atoms with van der Waals surface area (Å²) in [6.45, 7) is 0. The molecule has 1 heterocycles. The van der Waals surface area contributed by atoms with Crippen molar-refractivity contribution in [2.75, 3.05) is 7.05 Å². The highest BCUT2D eigenvalue weighted by molar-refractivity contribution is 5.96. The van der Waals surface area contributed by atoms with Crippen LogP contribution < -0.4 is 5.32 Å². The van der Waals surface area contributed by atoms with E-state index in [2.05, 4.69) is 10.3 Å². The summed E-state index contributed by atoms with van der Waals surface area (Å²) in [5.74, 6) is -0.281. The highest BCUT2D eigenvalue weighted by atomic mass is 16.1. The molecule has 25 heavy (non-hydrogen) atoms. The maximum Gasteiger partial charge on any atom is 0.251 e. The van der Waals surface area contributed by atoms with Crippen LogP contribution in [0.1, 0.15) is 43.3 Å². The van der Waals surface area contributed by atoms with Gasteiger partial charge in [0.25, 0.3) is 5.91 Å². The molecule has 3 aromatic rings. The Morgan fingerprint density at radius 2 is 1.76 bits per heavy atom. The van der Waals surface area contributed by atoms with E-state index in [0.29, 0.717) is 11.1 Å². The molecule has 1 atom stereocenters. The summed E-state index contributed by atoms with van der Waals surface area (Å²) < 4.78 is 0. The first kappa shape index (κ1) is 16.6. The van der Waals surface area contributed by atoms with E-state index >= 15 is 0 Å². The third-order valence-electron chi connectivity index (χ3n) is 4.17. The molecule has 1 amide bonds. The maximum absolute atomic E-state index is 12.3. The molecule has 0 aliphatic rings. The lowest BCUT2D eigenvalue weighted by molar-refractivity contribution is 0.0961. The molecular formula is C21H18N2O2. The quantitative estimate of drug-likeness (QED) is 0.729. The van der Waals surface area contributed by atoms with Crippen molar-refractivity contribution in [1.82, 2.24) is 10.3 Å². The molecular weight excluding hydrogens is 312 g/mol. The van der Waals surface area contributed by atoms with Crippen LogP contribution in [0.15, 0.2) is 73.1 Å². The minimum Gasteiger partial charge on any atom is -0.355 e. The SMILES string of the molecule is CNC(=O)c1ccccc1C(c1ccc(C=O)cc1)c1cccnc1. The number of carbonyl (C=O) groups is 2. The van der Waals surface area contributed by atoms with E-state index < -0.39 is 0 Å². The Morgan fingerprint density at radius 3 is 2.40 bits per heavy atom. The molecule has 0 fully saturated rings. The maximum atomic E-state index is 12.3. The number of aldehydes is 1. The standard InChI is InChI=1S/C21H18N2O2/c1-22-21(25)19-7-3-2-6-18(19)20(17-5-4-12-23-13-17)16-10-8-15(14-24)9-11-16/h2-14,20H,1H3,(H,22,25). The van der Waals surface area contributed by atoms with Gasteiger partial charge in [-0.05, 0) is 28.8 Å². The van der Waals surface area contributed by atoms with Crippen LogP contribution in [-0.2, 0) is 0 Å². The molecule has 0 spiro atoms. The van der Waals surface area contributed by atoms with Gasteiger partial charge in [0.05, 0.1) is 0 Å². The number of nitrogens with one attached hydrogen (secondary N) is 1. The molecule has 124 valence electrons. The van der Waals surface area contributed by atoms with E-state index in [9.17, 15) is 9.59 Å². The number of hydrogen-bond donors (Lipinski definition) is 1. The molecule has 0 saturated carbocycles. The summed E-state index contributed by atoms with van der Waals surface area (Å²) in [4.78, 5) is 27.5. The predicted octanol–water partition coefficient (Wildman–Crippen LogP) is 3.43. The fraction of sp³-hybridized carbons (Fsp3) is 0.0952. The zero-order valence-electron chi connectivity index (χ0n) is 13.8. The Bertz CT molecular complexity index is 874. The van der Waals surface area contributed by atoms with E-state index in [-0.39, 0.29) is 11.8 Å². The van der Waals surface area contributed by atoms with Gasteiger partial charge in [-0.25, -0.2) is 0 Å². The second kappa shape index (κ2) is 7.53. The normalized spacial score (nSPS) is 11.6. The largest absolute Gasteiger partial charge is 0.355 e. The monoisotopic (exact) mass is 330 g/mol. The van der Waals surface area contributed by atoms with Gasteiger partial charge in [0, 0.05) is 36.5 Å². The van der Waals surface area contributed by atoms with Crippen molar-refractivity contribution in [3.63, 3.8) is 0 Å². The summed E-state index contributed by atoms with van der Waals surface area (Å²) in [5, 5.41) is 2.70. The van der Waals surface area contributed by atoms with E-state index in [1.165, 1.54) is 0 Å². The Morgan fingerprint density at radius 1 is 1.00 bits per heavy atom. The summed E-state index contributed by atoms with van der Waals surface area (Å²) in [5.41, 5.74) is 4.12. The van der Waals surface area contributed by atoms with Crippen LogP contribution >= 0.6 is 0 Å². The topological polar surface area (TPSA) is 59.1 Å². The van der Waals surface area contributed by atoms with Crippen molar-refractivity contribution in [1.29, 1.82) is 0 Å². The van der Waals surface area contributed by atoms with Gasteiger partial charge in [0.1, 0.15) is 6.29 Å². The number of amides is 1. The van der Waals surface area contributed by atoms with E-state index in [0.717, 1.165) is 23.0 Å². The molecule has 3 rings (SSSR count). The predicted molar refractivity (Wildman–Crippen MR) is 96.8 cm³/mol. The lowest BCUT2D eigenvalue weighted by Crippen LogP contribution is -2.21. The van der Waals surface area contributed by atoms with Gasteiger partial charge in [-0.2, -0.15) is 0 Å². The average molecular weight is 330 g/mol. The number of nitrogens with zero attached hydrogens (tertiary/aromatic N) is 1. The summed E-state index contributed by atoms with van der Waals surface area (Å²) in [7, 11) is 1.62. The first-order valence-corrected chi connectivity index (χ1v) is 8.00. The third kappa shape index (κ3) is 3.48. The first-order valence-electron chi connectivity index (χ1n) is 8.00. The highest BCUT2D eigenvalue weighted by Crippen LogP contribution is 2.33. The van der Waals surface area contributed by atoms with Crippen molar-refractivity contribution in [3.05, 3.63) is 101 Å². The van der Waals surface area contributed by atoms with Gasteiger partial charge in [0.2, 0.25) is 0 Å². The minimum atomic E-state index is -0.150. The van der Waals surface area contributed by atoms with Crippen LogP contribution in [0, 0.1) is 0 Å². The van der Waals surface area contributed by atoms with Crippen LogP contribution in [0.4, 0.5) is 0 Å². The molecule has 0 aliphatic heterocycles. The molecule has 2 aromatic carbocycles. The molecule has 0 aliphatic carbocycles. The first-order chi connectivity index (χ1) is 12.2. The summed E-state index contributed by atoms with van der Waals surface area (Å²) >= 11 is 0. The zero-order valence-corrected chi connectivity index (χ0v) is 13.8. The van der Waals surface area contributed by atoms with E-state index in [4.69, 9.17) is 0 Å². The van der Waals surface area contributed by atoms with Crippen molar-refractivity contribution in [3.8, 4) is 0 Å². The molecule has 0 bridgehead atoms. The Kier molecular flexibility index (Phi) is 5.00. The average Bonchev–Trinajstić information content (AvgIpc) is 2.69. The highest BCUT2D eigenvalue weighted by Gasteiger charge is 2.22. The number of carbonyl (C=O) groups excluding carboxylic acids is 2. The minimum absolute atomic E-state index is 0.131. The van der Waals surface area contributed by atoms with Crippen molar-refractivity contribution >= 4 is 12.2 Å². The number of benzene rings is 2. The van der Waals surface area contributed by atoms with Gasteiger partial charge in [-0.15, -0.1) is 0 Å². The number of rotatable bonds is 5. The fourth-order valence-corrected chi connectivity index (χ4v) is 2.96. The molecule has 0 saturated heterocycles. The lowest BCUT2D eigenvalue weighted by atomic mass is 9.83. The molecule has 4 nitrogen and oxygen atoms in total. The van der Waals surface area contributed by atoms with Crippen LogP contribution in [-0.4, -0.2) is 24.2 Å². The van der Waals surface area contributed by atoms with E-state index in [1.54, 1.807) is 31.6 Å². The molecule has 4 heteroatoms. The van der Waals surface area contributed by atoms with Crippen molar-refractivity contribution < 1.29 is 9.59 Å². The Hall–Kier alpha value is -3.27. The third-order valence-corrected chi connectivity index (χ3v) is 4.17. The fourth-order valence-electron chi connectivity index (χ4n) is 2.96. The smallest absolute Gasteiger partial charge is 0.251 e. The molecule has 1 N–H and O–H groups in total. The van der Waals surface area contributed by atoms with Crippen LogP contribution in [0.2, 0.25) is 0 Å². The van der Waals surface area contributed by atoms with Gasteiger partial charge in [-0.1, -0.05) is 48.5 Å². The number of aromatic nitrogens is 1. The summed E-state index contributed by atoms with van der Waals surface area (Å²) in [6, 6.07) is 18.8. The van der Waals surface area contributed by atoms with Gasteiger partial charge in [0.15, 0.2) is 0 Å². The Balaban J connectivity index is 2.19. The second-order valence-corrected chi connectivity index (χ2v) is 5.67. The van der Waals surface area contributed by atoms with Gasteiger partial charge >= 0.3 is 0 Å². The van der Waals surface area contributed by atoms with Gasteiger partial charge < -0.3 is 5.32 Å². The van der Waals surface area contributed by atoms with Crippen molar-refractivity contribution in [2.24, 2.45) is 0 Å². The molecule has 1 aromatic heterocycles. The van der Waals surface area contributed by atoms with Crippen LogP contribution in [0.3, 0.4) is 0 Å². The van der Waals surface area contributed by atoms with Crippen molar-refractivity contribution in [2.45, 2.75) is 5.92 Å².